The van der Waals surface area contributed by atoms with Crippen LogP contribution in [0, 0.1) is 0 Å². The van der Waals surface area contributed by atoms with Gasteiger partial charge in [-0.1, -0.05) is 32.0 Å². The molecule has 1 N–H and O–H groups in total. The number of carbonyl (C=O) groups is 1. The minimum atomic E-state index is -1.50. The second-order valence-electron chi connectivity index (χ2n) is 4.34. The molecule has 1 aromatic carbocycles. The van der Waals surface area contributed by atoms with Gasteiger partial charge in [-0.3, -0.25) is 0 Å². The second-order valence-corrected chi connectivity index (χ2v) is 4.34. The molecule has 1 aromatic rings. The number of benzene rings is 1. The molecule has 15 heavy (non-hydrogen) atoms. The van der Waals surface area contributed by atoms with Crippen molar-refractivity contribution in [3.8, 4) is 5.75 Å². The molecule has 0 bridgehead atoms. The molecule has 0 fully saturated rings. The largest absolute Gasteiger partial charge is 0.423 e. The van der Waals surface area contributed by atoms with Crippen molar-refractivity contribution in [1.82, 2.24) is 0 Å². The highest BCUT2D eigenvalue weighted by Gasteiger charge is 2.44. The van der Waals surface area contributed by atoms with Crippen LogP contribution in [0.5, 0.6) is 5.75 Å². The van der Waals surface area contributed by atoms with Crippen molar-refractivity contribution < 1.29 is 14.6 Å². The maximum absolute atomic E-state index is 11.5. The van der Waals surface area contributed by atoms with E-state index in [1.165, 1.54) is 6.92 Å². The van der Waals surface area contributed by atoms with Crippen LogP contribution in [-0.2, 0) is 10.4 Å². The monoisotopic (exact) mass is 206 g/mol. The van der Waals surface area contributed by atoms with E-state index in [1.54, 1.807) is 6.07 Å². The fraction of sp³-hybridized carbons (Fsp3) is 0.417. The van der Waals surface area contributed by atoms with Crippen LogP contribution in [0.4, 0.5) is 0 Å². The van der Waals surface area contributed by atoms with Gasteiger partial charge in [0.25, 0.3) is 0 Å². The average molecular weight is 206 g/mol. The van der Waals surface area contributed by atoms with Crippen molar-refractivity contribution in [2.45, 2.75) is 32.3 Å². The first-order valence-electron chi connectivity index (χ1n) is 5.02. The number of carbonyl (C=O) groups excluding carboxylic acids is 1. The first kappa shape index (κ1) is 10.2. The fourth-order valence-corrected chi connectivity index (χ4v) is 1.81. The van der Waals surface area contributed by atoms with Crippen molar-refractivity contribution in [2.24, 2.45) is 0 Å². The minimum absolute atomic E-state index is 0.265. The normalized spacial score (nSPS) is 24.2. The Morgan fingerprint density at radius 2 is 2.07 bits per heavy atom. The summed E-state index contributed by atoms with van der Waals surface area (Å²) < 4.78 is 5.13. The lowest BCUT2D eigenvalue weighted by Crippen LogP contribution is -2.29. The number of hydrogen-bond acceptors (Lipinski definition) is 3. The Hall–Kier alpha value is -1.35. The van der Waals surface area contributed by atoms with Crippen LogP contribution in [-0.4, -0.2) is 11.1 Å². The zero-order valence-corrected chi connectivity index (χ0v) is 9.07. The highest BCUT2D eigenvalue weighted by molar-refractivity contribution is 5.88. The van der Waals surface area contributed by atoms with Crippen LogP contribution in [0.2, 0.25) is 0 Å². The fourth-order valence-electron chi connectivity index (χ4n) is 1.81. The van der Waals surface area contributed by atoms with Gasteiger partial charge < -0.3 is 9.84 Å². The summed E-state index contributed by atoms with van der Waals surface area (Å²) in [6.07, 6.45) is 0. The van der Waals surface area contributed by atoms with Crippen molar-refractivity contribution in [3.63, 3.8) is 0 Å². The highest BCUT2D eigenvalue weighted by Crippen LogP contribution is 2.42. The van der Waals surface area contributed by atoms with Crippen molar-refractivity contribution in [1.29, 1.82) is 0 Å². The molecule has 1 heterocycles. The minimum Gasteiger partial charge on any atom is -0.423 e. The lowest BCUT2D eigenvalue weighted by Gasteiger charge is -2.12. The van der Waals surface area contributed by atoms with E-state index in [2.05, 4.69) is 0 Å². The third-order valence-corrected chi connectivity index (χ3v) is 2.78. The number of fused-ring (bicyclic) bond motifs is 1. The summed E-state index contributed by atoms with van der Waals surface area (Å²) in [6, 6.07) is 5.48. The van der Waals surface area contributed by atoms with E-state index in [4.69, 9.17) is 4.74 Å². The second kappa shape index (κ2) is 3.07. The van der Waals surface area contributed by atoms with Crippen molar-refractivity contribution in [3.05, 3.63) is 29.3 Å². The number of hydrogen-bond donors (Lipinski definition) is 1. The van der Waals surface area contributed by atoms with Crippen molar-refractivity contribution >= 4 is 5.97 Å². The molecule has 1 aliphatic rings. The molecule has 1 atom stereocenters. The van der Waals surface area contributed by atoms with E-state index < -0.39 is 11.6 Å². The van der Waals surface area contributed by atoms with Gasteiger partial charge in [-0.25, -0.2) is 4.79 Å². The van der Waals surface area contributed by atoms with Gasteiger partial charge in [0, 0.05) is 5.56 Å². The first-order chi connectivity index (χ1) is 6.94. The Balaban J connectivity index is 2.63. The third kappa shape index (κ3) is 1.35. The average Bonchev–Trinajstić information content (AvgIpc) is 2.38. The van der Waals surface area contributed by atoms with Crippen LogP contribution in [0.25, 0.3) is 0 Å². The molecular formula is C12H14O3. The topological polar surface area (TPSA) is 46.5 Å². The zero-order valence-electron chi connectivity index (χ0n) is 9.07. The molecule has 1 unspecified atom stereocenters. The van der Waals surface area contributed by atoms with E-state index in [1.807, 2.05) is 26.0 Å². The van der Waals surface area contributed by atoms with Gasteiger partial charge >= 0.3 is 5.97 Å². The summed E-state index contributed by atoms with van der Waals surface area (Å²) in [7, 11) is 0. The number of ether oxygens (including phenoxy) is 1. The van der Waals surface area contributed by atoms with Gasteiger partial charge in [-0.05, 0) is 18.4 Å². The Morgan fingerprint density at radius 1 is 1.40 bits per heavy atom. The van der Waals surface area contributed by atoms with E-state index in [-0.39, 0.29) is 5.92 Å². The van der Waals surface area contributed by atoms with Crippen LogP contribution >= 0.6 is 0 Å². The molecule has 0 aliphatic carbocycles. The Kier molecular flexibility index (Phi) is 2.08. The number of rotatable bonds is 1. The summed E-state index contributed by atoms with van der Waals surface area (Å²) in [4.78, 5) is 11.5. The zero-order chi connectivity index (χ0) is 11.2. The van der Waals surface area contributed by atoms with Gasteiger partial charge in [-0.2, -0.15) is 0 Å². The van der Waals surface area contributed by atoms with E-state index in [9.17, 15) is 9.90 Å². The molecule has 2 rings (SSSR count). The highest BCUT2D eigenvalue weighted by atomic mass is 16.6. The summed E-state index contributed by atoms with van der Waals surface area (Å²) >= 11 is 0. The lowest BCUT2D eigenvalue weighted by atomic mass is 9.93. The molecular weight excluding hydrogens is 192 g/mol. The maximum atomic E-state index is 11.5. The van der Waals surface area contributed by atoms with Gasteiger partial charge in [0.05, 0.1) is 0 Å². The molecule has 0 radical (unpaired) electrons. The van der Waals surface area contributed by atoms with Gasteiger partial charge in [0.1, 0.15) is 5.75 Å². The molecule has 0 saturated carbocycles. The van der Waals surface area contributed by atoms with Gasteiger partial charge in [-0.15, -0.1) is 0 Å². The molecule has 0 spiro atoms. The Bertz CT molecular complexity index is 419. The van der Waals surface area contributed by atoms with Crippen LogP contribution in [0.15, 0.2) is 18.2 Å². The van der Waals surface area contributed by atoms with Gasteiger partial charge in [0.2, 0.25) is 0 Å². The molecule has 0 saturated heterocycles. The Morgan fingerprint density at radius 3 is 2.67 bits per heavy atom. The summed E-state index contributed by atoms with van der Waals surface area (Å²) in [6.45, 7) is 5.51. The summed E-state index contributed by atoms with van der Waals surface area (Å²) in [5, 5.41) is 9.95. The number of aliphatic hydroxyl groups is 1. The molecule has 80 valence electrons. The molecule has 1 aliphatic heterocycles. The molecule has 3 heteroatoms. The standard InChI is InChI=1S/C12H14O3/c1-7(2)8-5-4-6-9-10(8)15-11(13)12(9,3)14/h4-7,14H,1-3H3. The van der Waals surface area contributed by atoms with E-state index in [0.29, 0.717) is 11.3 Å². The van der Waals surface area contributed by atoms with Gasteiger partial charge in [0.15, 0.2) is 5.60 Å². The molecule has 0 amide bonds. The number of esters is 1. The predicted molar refractivity (Wildman–Crippen MR) is 55.7 cm³/mol. The lowest BCUT2D eigenvalue weighted by molar-refractivity contribution is -0.150. The van der Waals surface area contributed by atoms with Crippen LogP contribution in [0.1, 0.15) is 37.8 Å². The Labute approximate surface area is 88.7 Å². The van der Waals surface area contributed by atoms with E-state index in [0.717, 1.165) is 5.56 Å². The molecule has 0 aromatic heterocycles. The van der Waals surface area contributed by atoms with Crippen molar-refractivity contribution in [2.75, 3.05) is 0 Å². The third-order valence-electron chi connectivity index (χ3n) is 2.78. The summed E-state index contributed by atoms with van der Waals surface area (Å²) in [5.41, 5.74) is 0.0255. The van der Waals surface area contributed by atoms with E-state index >= 15 is 0 Å². The maximum Gasteiger partial charge on any atom is 0.348 e. The van der Waals surface area contributed by atoms with Crippen LogP contribution in [0.3, 0.4) is 0 Å². The number of para-hydroxylation sites is 1. The first-order valence-corrected chi connectivity index (χ1v) is 5.02. The SMILES string of the molecule is CC(C)c1cccc2c1OC(=O)C2(C)O. The smallest absolute Gasteiger partial charge is 0.348 e. The molecule has 3 nitrogen and oxygen atoms in total. The predicted octanol–water partition coefficient (Wildman–Crippen LogP) is 1.94. The quantitative estimate of drug-likeness (QED) is 0.564. The van der Waals surface area contributed by atoms with Crippen LogP contribution < -0.4 is 4.74 Å². The summed E-state index contributed by atoms with van der Waals surface area (Å²) in [5.74, 6) is 0.203.